The second kappa shape index (κ2) is 7.14. The van der Waals surface area contributed by atoms with Gasteiger partial charge in [-0.05, 0) is 43.2 Å². The summed E-state index contributed by atoms with van der Waals surface area (Å²) in [6.45, 7) is 4.90. The monoisotopic (exact) mass is 288 g/mol. The first-order chi connectivity index (χ1) is 8.88. The van der Waals surface area contributed by atoms with Gasteiger partial charge < -0.3 is 15.7 Å². The molecule has 0 spiro atoms. The van der Waals surface area contributed by atoms with Crippen LogP contribution in [-0.4, -0.2) is 47.6 Å². The predicted octanol–water partition coefficient (Wildman–Crippen LogP) is 1.09. The van der Waals surface area contributed by atoms with Gasteiger partial charge in [-0.1, -0.05) is 13.8 Å². The third-order valence-electron chi connectivity index (χ3n) is 3.62. The molecule has 2 atom stereocenters. The van der Waals surface area contributed by atoms with E-state index >= 15 is 0 Å². The van der Waals surface area contributed by atoms with Crippen LogP contribution in [0.3, 0.4) is 0 Å². The van der Waals surface area contributed by atoms with Crippen LogP contribution in [0.2, 0.25) is 0 Å². The number of hydrogen-bond acceptors (Lipinski definition) is 4. The van der Waals surface area contributed by atoms with Gasteiger partial charge in [-0.2, -0.15) is 11.8 Å². The minimum atomic E-state index is -0.962. The van der Waals surface area contributed by atoms with Crippen molar-refractivity contribution in [1.29, 1.82) is 0 Å². The van der Waals surface area contributed by atoms with Gasteiger partial charge in [0.05, 0.1) is 6.04 Å². The van der Waals surface area contributed by atoms with E-state index in [2.05, 4.69) is 10.6 Å². The molecule has 1 aliphatic heterocycles. The molecule has 110 valence electrons. The summed E-state index contributed by atoms with van der Waals surface area (Å²) in [5.41, 5.74) is -0.134. The summed E-state index contributed by atoms with van der Waals surface area (Å²) in [5.74, 6) is -0.437. The smallest absolute Gasteiger partial charge is 0.326 e. The van der Waals surface area contributed by atoms with Crippen LogP contribution in [0.5, 0.6) is 0 Å². The van der Waals surface area contributed by atoms with Crippen molar-refractivity contribution in [2.75, 3.05) is 18.6 Å². The van der Waals surface area contributed by atoms with E-state index in [4.69, 9.17) is 5.11 Å². The molecule has 1 aliphatic rings. The van der Waals surface area contributed by atoms with Gasteiger partial charge in [-0.25, -0.2) is 4.79 Å². The Morgan fingerprint density at radius 2 is 2.21 bits per heavy atom. The third kappa shape index (κ3) is 4.69. The van der Waals surface area contributed by atoms with E-state index < -0.39 is 12.0 Å². The fraction of sp³-hybridized carbons (Fsp3) is 0.846. The minimum absolute atomic E-state index is 0.134. The number of amides is 1. The maximum absolute atomic E-state index is 12.2. The second-order valence-corrected chi connectivity index (χ2v) is 6.65. The Hall–Kier alpha value is -0.750. The predicted molar refractivity (Wildman–Crippen MR) is 77.4 cm³/mol. The van der Waals surface area contributed by atoms with Crippen LogP contribution in [0.4, 0.5) is 0 Å². The SMILES string of the molecule is CSCC[C@@H](NC(=O)C1NCCCC1(C)C)C(=O)O. The van der Waals surface area contributed by atoms with E-state index in [1.54, 1.807) is 11.8 Å². The van der Waals surface area contributed by atoms with Gasteiger partial charge in [0.1, 0.15) is 6.04 Å². The Morgan fingerprint density at radius 1 is 1.53 bits per heavy atom. The van der Waals surface area contributed by atoms with Crippen LogP contribution >= 0.6 is 11.8 Å². The molecular weight excluding hydrogens is 264 g/mol. The Morgan fingerprint density at radius 3 is 2.74 bits per heavy atom. The first-order valence-corrected chi connectivity index (χ1v) is 8.03. The van der Waals surface area contributed by atoms with E-state index in [-0.39, 0.29) is 17.4 Å². The number of piperidine rings is 1. The summed E-state index contributed by atoms with van der Waals surface area (Å²) in [7, 11) is 0. The fourth-order valence-corrected chi connectivity index (χ4v) is 2.88. The summed E-state index contributed by atoms with van der Waals surface area (Å²) < 4.78 is 0. The molecule has 0 saturated carbocycles. The molecule has 1 unspecified atom stereocenters. The number of thioether (sulfide) groups is 1. The zero-order valence-electron chi connectivity index (χ0n) is 11.9. The van der Waals surface area contributed by atoms with Crippen molar-refractivity contribution in [3.8, 4) is 0 Å². The van der Waals surface area contributed by atoms with Gasteiger partial charge in [0.15, 0.2) is 0 Å². The molecule has 1 amide bonds. The van der Waals surface area contributed by atoms with Crippen LogP contribution < -0.4 is 10.6 Å². The van der Waals surface area contributed by atoms with Crippen LogP contribution in [-0.2, 0) is 9.59 Å². The van der Waals surface area contributed by atoms with Crippen molar-refractivity contribution in [2.24, 2.45) is 5.41 Å². The van der Waals surface area contributed by atoms with E-state index in [0.717, 1.165) is 25.1 Å². The highest BCUT2D eigenvalue weighted by Gasteiger charge is 2.38. The Balaban J connectivity index is 2.62. The van der Waals surface area contributed by atoms with Crippen molar-refractivity contribution in [1.82, 2.24) is 10.6 Å². The molecule has 1 rings (SSSR count). The van der Waals surface area contributed by atoms with Crippen LogP contribution in [0, 0.1) is 5.41 Å². The minimum Gasteiger partial charge on any atom is -0.480 e. The third-order valence-corrected chi connectivity index (χ3v) is 4.26. The van der Waals surface area contributed by atoms with Crippen molar-refractivity contribution >= 4 is 23.6 Å². The summed E-state index contributed by atoms with van der Waals surface area (Å²) in [5, 5.41) is 15.0. The number of carboxylic acids is 1. The first kappa shape index (κ1) is 16.3. The van der Waals surface area contributed by atoms with Gasteiger partial charge in [-0.3, -0.25) is 4.79 Å². The lowest BCUT2D eigenvalue weighted by molar-refractivity contribution is -0.142. The van der Waals surface area contributed by atoms with Crippen LogP contribution in [0.15, 0.2) is 0 Å². The molecule has 0 aromatic carbocycles. The Kier molecular flexibility index (Phi) is 6.13. The Bertz CT molecular complexity index is 334. The molecule has 1 heterocycles. The highest BCUT2D eigenvalue weighted by Crippen LogP contribution is 2.30. The topological polar surface area (TPSA) is 78.4 Å². The Labute approximate surface area is 118 Å². The van der Waals surface area contributed by atoms with Crippen molar-refractivity contribution in [3.63, 3.8) is 0 Å². The van der Waals surface area contributed by atoms with E-state index in [0.29, 0.717) is 6.42 Å². The number of aliphatic carboxylic acids is 1. The van der Waals surface area contributed by atoms with E-state index in [9.17, 15) is 9.59 Å². The molecule has 0 aromatic heterocycles. The molecule has 19 heavy (non-hydrogen) atoms. The highest BCUT2D eigenvalue weighted by atomic mass is 32.2. The van der Waals surface area contributed by atoms with Crippen molar-refractivity contribution in [3.05, 3.63) is 0 Å². The zero-order valence-corrected chi connectivity index (χ0v) is 12.7. The van der Waals surface area contributed by atoms with Gasteiger partial charge in [0.25, 0.3) is 0 Å². The van der Waals surface area contributed by atoms with E-state index in [1.807, 2.05) is 20.1 Å². The molecular formula is C13H24N2O3S. The average molecular weight is 288 g/mol. The lowest BCUT2D eigenvalue weighted by Gasteiger charge is -2.38. The summed E-state index contributed by atoms with van der Waals surface area (Å²) in [6, 6.07) is -1.10. The molecule has 0 bridgehead atoms. The number of carboxylic acid groups (broad SMARTS) is 1. The maximum atomic E-state index is 12.2. The summed E-state index contributed by atoms with van der Waals surface area (Å²) >= 11 is 1.58. The number of nitrogens with one attached hydrogen (secondary N) is 2. The van der Waals surface area contributed by atoms with Crippen molar-refractivity contribution in [2.45, 2.75) is 45.2 Å². The molecule has 0 radical (unpaired) electrons. The van der Waals surface area contributed by atoms with Crippen molar-refractivity contribution < 1.29 is 14.7 Å². The standard InChI is InChI=1S/C13H24N2O3S/c1-13(2)6-4-7-14-10(13)11(16)15-9(12(17)18)5-8-19-3/h9-10,14H,4-8H2,1-3H3,(H,15,16)(H,17,18)/t9-,10?/m1/s1. The zero-order chi connectivity index (χ0) is 14.5. The lowest BCUT2D eigenvalue weighted by Crippen LogP contribution is -2.58. The molecule has 0 aromatic rings. The molecule has 1 saturated heterocycles. The lowest BCUT2D eigenvalue weighted by atomic mass is 9.77. The number of carbonyl (C=O) groups excluding carboxylic acids is 1. The summed E-state index contributed by atoms with van der Waals surface area (Å²) in [6.07, 6.45) is 4.40. The van der Waals surface area contributed by atoms with Crippen LogP contribution in [0.1, 0.15) is 33.1 Å². The van der Waals surface area contributed by atoms with Gasteiger partial charge >= 0.3 is 5.97 Å². The number of hydrogen-bond donors (Lipinski definition) is 3. The molecule has 6 heteroatoms. The number of carbonyl (C=O) groups is 2. The molecule has 3 N–H and O–H groups in total. The average Bonchev–Trinajstić information content (AvgIpc) is 2.33. The van der Waals surface area contributed by atoms with Gasteiger partial charge in [0, 0.05) is 0 Å². The fourth-order valence-electron chi connectivity index (χ4n) is 2.41. The number of rotatable bonds is 6. The first-order valence-electron chi connectivity index (χ1n) is 6.64. The second-order valence-electron chi connectivity index (χ2n) is 5.66. The largest absolute Gasteiger partial charge is 0.480 e. The quantitative estimate of drug-likeness (QED) is 0.682. The molecule has 1 fully saturated rings. The summed E-state index contributed by atoms with van der Waals surface area (Å²) in [4.78, 5) is 23.4. The maximum Gasteiger partial charge on any atom is 0.326 e. The molecule has 0 aliphatic carbocycles. The molecule has 5 nitrogen and oxygen atoms in total. The van der Waals surface area contributed by atoms with Gasteiger partial charge in [-0.15, -0.1) is 0 Å². The highest BCUT2D eigenvalue weighted by molar-refractivity contribution is 7.98. The normalized spacial score (nSPS) is 23.6. The van der Waals surface area contributed by atoms with Gasteiger partial charge in [0.2, 0.25) is 5.91 Å². The van der Waals surface area contributed by atoms with E-state index in [1.165, 1.54) is 0 Å². The van der Waals surface area contributed by atoms with Crippen LogP contribution in [0.25, 0.3) is 0 Å².